The summed E-state index contributed by atoms with van der Waals surface area (Å²) in [5, 5.41) is 9.84. The highest BCUT2D eigenvalue weighted by Crippen LogP contribution is 2.29. The molecule has 1 atom stereocenters. The Bertz CT molecular complexity index is 388. The number of benzene rings is 1. The maximum atomic E-state index is 11.6. The van der Waals surface area contributed by atoms with Crippen LogP contribution in [0.5, 0.6) is 5.75 Å². The van der Waals surface area contributed by atoms with Crippen LogP contribution >= 0.6 is 15.9 Å². The second-order valence-corrected chi connectivity index (χ2v) is 4.71. The molecule has 0 amide bonds. The van der Waals surface area contributed by atoms with E-state index in [1.54, 1.807) is 39.2 Å². The van der Waals surface area contributed by atoms with Crippen LogP contribution < -0.4 is 4.74 Å². The summed E-state index contributed by atoms with van der Waals surface area (Å²) in [5.74, 6) is 0.306. The van der Waals surface area contributed by atoms with Crippen LogP contribution in [0.4, 0.5) is 0 Å². The lowest BCUT2D eigenvalue weighted by molar-refractivity contribution is -0.130. The quantitative estimate of drug-likeness (QED) is 0.926. The Morgan fingerprint density at radius 3 is 2.50 bits per heavy atom. The molecule has 1 N–H and O–H groups in total. The van der Waals surface area contributed by atoms with Gasteiger partial charge in [0.1, 0.15) is 11.9 Å². The molecule has 0 fully saturated rings. The minimum Gasteiger partial charge on any atom is -0.496 e. The molecule has 0 aliphatic carbocycles. The van der Waals surface area contributed by atoms with E-state index in [1.807, 2.05) is 0 Å². The monoisotopic (exact) mass is 286 g/mol. The van der Waals surface area contributed by atoms with Gasteiger partial charge in [-0.3, -0.25) is 4.79 Å². The fourth-order valence-corrected chi connectivity index (χ4v) is 1.89. The van der Waals surface area contributed by atoms with Crippen molar-refractivity contribution in [2.24, 2.45) is 5.92 Å². The lowest BCUT2D eigenvalue weighted by Crippen LogP contribution is -2.17. The van der Waals surface area contributed by atoms with E-state index in [9.17, 15) is 9.90 Å². The maximum absolute atomic E-state index is 11.6. The number of carbonyl (C=O) groups excluding carboxylic acids is 1. The van der Waals surface area contributed by atoms with Crippen molar-refractivity contribution in [3.05, 3.63) is 28.2 Å². The lowest BCUT2D eigenvalue weighted by Gasteiger charge is -2.13. The van der Waals surface area contributed by atoms with Crippen molar-refractivity contribution in [1.29, 1.82) is 0 Å². The van der Waals surface area contributed by atoms with Crippen LogP contribution in [0.1, 0.15) is 25.5 Å². The van der Waals surface area contributed by atoms with Crippen molar-refractivity contribution in [1.82, 2.24) is 0 Å². The van der Waals surface area contributed by atoms with E-state index < -0.39 is 6.10 Å². The van der Waals surface area contributed by atoms with Crippen molar-refractivity contribution in [3.8, 4) is 5.75 Å². The van der Waals surface area contributed by atoms with Gasteiger partial charge in [0, 0.05) is 5.92 Å². The van der Waals surface area contributed by atoms with Crippen LogP contribution in [0.25, 0.3) is 0 Å². The molecule has 0 heterocycles. The molecule has 0 aliphatic rings. The van der Waals surface area contributed by atoms with Gasteiger partial charge >= 0.3 is 0 Å². The summed E-state index contributed by atoms with van der Waals surface area (Å²) in [7, 11) is 1.56. The van der Waals surface area contributed by atoms with Gasteiger partial charge in [0.25, 0.3) is 0 Å². The molecular weight excluding hydrogens is 272 g/mol. The first kappa shape index (κ1) is 13.2. The van der Waals surface area contributed by atoms with E-state index in [0.29, 0.717) is 11.3 Å². The fourth-order valence-electron chi connectivity index (χ4n) is 1.33. The van der Waals surface area contributed by atoms with Gasteiger partial charge in [-0.2, -0.15) is 0 Å². The summed E-state index contributed by atoms with van der Waals surface area (Å²) in [6.45, 7) is 3.54. The van der Waals surface area contributed by atoms with E-state index >= 15 is 0 Å². The van der Waals surface area contributed by atoms with Crippen LogP contribution in [0.2, 0.25) is 0 Å². The first-order valence-corrected chi connectivity index (χ1v) is 5.82. The number of Topliss-reactive ketones (excluding diaryl/α,β-unsaturated/α-hetero) is 1. The average molecular weight is 287 g/mol. The zero-order valence-electron chi connectivity index (χ0n) is 9.53. The van der Waals surface area contributed by atoms with Gasteiger partial charge in [0.2, 0.25) is 0 Å². The van der Waals surface area contributed by atoms with Gasteiger partial charge in [-0.05, 0) is 33.6 Å². The standard InChI is InChI=1S/C12H15BrO3/c1-7(2)11(14)12(15)8-4-5-10(16-3)9(13)6-8/h4-7,12,15H,1-3H3. The third-order valence-electron chi connectivity index (χ3n) is 2.33. The van der Waals surface area contributed by atoms with Crippen molar-refractivity contribution in [2.75, 3.05) is 7.11 Å². The van der Waals surface area contributed by atoms with Crippen LogP contribution in [-0.4, -0.2) is 18.0 Å². The van der Waals surface area contributed by atoms with Crippen LogP contribution in [0, 0.1) is 5.92 Å². The number of aliphatic hydroxyl groups is 1. The molecule has 1 aromatic carbocycles. The zero-order chi connectivity index (χ0) is 12.3. The van der Waals surface area contributed by atoms with Crippen LogP contribution in [-0.2, 0) is 4.79 Å². The van der Waals surface area contributed by atoms with Crippen molar-refractivity contribution < 1.29 is 14.6 Å². The predicted octanol–water partition coefficient (Wildman–Crippen LogP) is 2.72. The van der Waals surface area contributed by atoms with Gasteiger partial charge in [0.15, 0.2) is 5.78 Å². The third-order valence-corrected chi connectivity index (χ3v) is 2.95. The molecule has 0 saturated carbocycles. The normalized spacial score (nSPS) is 12.6. The SMILES string of the molecule is COc1ccc(C(O)C(=O)C(C)C)cc1Br. The summed E-state index contributed by atoms with van der Waals surface area (Å²) in [4.78, 5) is 11.6. The van der Waals surface area contributed by atoms with Gasteiger partial charge in [0.05, 0.1) is 11.6 Å². The van der Waals surface area contributed by atoms with E-state index in [0.717, 1.165) is 4.47 Å². The minimum atomic E-state index is -1.07. The molecule has 1 rings (SSSR count). The maximum Gasteiger partial charge on any atom is 0.168 e. The molecule has 3 nitrogen and oxygen atoms in total. The Kier molecular flexibility index (Phi) is 4.50. The Balaban J connectivity index is 2.97. The number of halogens is 1. The second-order valence-electron chi connectivity index (χ2n) is 3.85. The largest absolute Gasteiger partial charge is 0.496 e. The molecule has 4 heteroatoms. The Labute approximate surface area is 104 Å². The number of rotatable bonds is 4. The molecule has 1 aromatic rings. The number of carbonyl (C=O) groups is 1. The first-order chi connectivity index (χ1) is 7.47. The number of hydrogen-bond donors (Lipinski definition) is 1. The molecule has 1 unspecified atom stereocenters. The summed E-state index contributed by atoms with van der Waals surface area (Å²) >= 11 is 3.31. The molecule has 0 aromatic heterocycles. The number of aliphatic hydroxyl groups excluding tert-OH is 1. The Morgan fingerprint density at radius 2 is 2.06 bits per heavy atom. The van der Waals surface area contributed by atoms with E-state index in [-0.39, 0.29) is 11.7 Å². The molecule has 0 bridgehead atoms. The van der Waals surface area contributed by atoms with Gasteiger partial charge in [-0.15, -0.1) is 0 Å². The summed E-state index contributed by atoms with van der Waals surface area (Å²) in [5.41, 5.74) is 0.575. The van der Waals surface area contributed by atoms with Gasteiger partial charge < -0.3 is 9.84 Å². The van der Waals surface area contributed by atoms with Gasteiger partial charge in [-0.1, -0.05) is 19.9 Å². The highest BCUT2D eigenvalue weighted by atomic mass is 79.9. The Hall–Kier alpha value is -0.870. The summed E-state index contributed by atoms with van der Waals surface area (Å²) in [6, 6.07) is 5.11. The highest BCUT2D eigenvalue weighted by Gasteiger charge is 2.20. The third kappa shape index (κ3) is 2.83. The summed E-state index contributed by atoms with van der Waals surface area (Å²) < 4.78 is 5.80. The molecule has 16 heavy (non-hydrogen) atoms. The van der Waals surface area contributed by atoms with Gasteiger partial charge in [-0.25, -0.2) is 0 Å². The highest BCUT2D eigenvalue weighted by molar-refractivity contribution is 9.10. The molecule has 88 valence electrons. The van der Waals surface area contributed by atoms with Crippen molar-refractivity contribution >= 4 is 21.7 Å². The number of ketones is 1. The number of hydrogen-bond acceptors (Lipinski definition) is 3. The van der Waals surface area contributed by atoms with Crippen molar-refractivity contribution in [3.63, 3.8) is 0 Å². The second kappa shape index (κ2) is 5.46. The predicted molar refractivity (Wildman–Crippen MR) is 65.5 cm³/mol. The zero-order valence-corrected chi connectivity index (χ0v) is 11.1. The van der Waals surface area contributed by atoms with E-state index in [1.165, 1.54) is 0 Å². The molecular formula is C12H15BrO3. The first-order valence-electron chi connectivity index (χ1n) is 5.02. The number of methoxy groups -OCH3 is 1. The minimum absolute atomic E-state index is 0.183. The molecule has 0 spiro atoms. The smallest absolute Gasteiger partial charge is 0.168 e. The van der Waals surface area contributed by atoms with Crippen molar-refractivity contribution in [2.45, 2.75) is 20.0 Å². The topological polar surface area (TPSA) is 46.5 Å². The fraction of sp³-hybridized carbons (Fsp3) is 0.417. The van der Waals surface area contributed by atoms with Crippen LogP contribution in [0.15, 0.2) is 22.7 Å². The van der Waals surface area contributed by atoms with E-state index in [4.69, 9.17) is 4.74 Å². The van der Waals surface area contributed by atoms with Crippen LogP contribution in [0.3, 0.4) is 0 Å². The Morgan fingerprint density at radius 1 is 1.44 bits per heavy atom. The summed E-state index contributed by atoms with van der Waals surface area (Å²) in [6.07, 6.45) is -1.07. The molecule has 0 saturated heterocycles. The number of ether oxygens (including phenoxy) is 1. The molecule has 0 aliphatic heterocycles. The molecule has 0 radical (unpaired) electrons. The average Bonchev–Trinajstić information content (AvgIpc) is 2.26. The van der Waals surface area contributed by atoms with E-state index in [2.05, 4.69) is 15.9 Å². The lowest BCUT2D eigenvalue weighted by atomic mass is 9.98.